The van der Waals surface area contributed by atoms with Crippen LogP contribution in [0.2, 0.25) is 0 Å². The van der Waals surface area contributed by atoms with Crippen molar-refractivity contribution in [1.82, 2.24) is 9.97 Å². The maximum atomic E-state index is 13.6. The van der Waals surface area contributed by atoms with Gasteiger partial charge in [-0.2, -0.15) is 0 Å². The molecule has 0 radical (unpaired) electrons. The molecule has 0 saturated carbocycles. The zero-order chi connectivity index (χ0) is 15.9. The number of hydrogen-bond acceptors (Lipinski definition) is 4. The number of nitrogens with zero attached hydrogens (tertiary/aromatic N) is 2. The van der Waals surface area contributed by atoms with Gasteiger partial charge in [0, 0.05) is 36.0 Å². The van der Waals surface area contributed by atoms with Crippen LogP contribution < -0.4 is 11.1 Å². The summed E-state index contributed by atoms with van der Waals surface area (Å²) < 4.78 is 13.6. The van der Waals surface area contributed by atoms with Gasteiger partial charge in [-0.3, -0.25) is 4.98 Å². The number of nitrogen functional groups attached to an aromatic ring is 1. The first-order valence-electron chi connectivity index (χ1n) is 7.00. The van der Waals surface area contributed by atoms with E-state index in [9.17, 15) is 4.39 Å². The number of pyridine rings is 2. The van der Waals surface area contributed by atoms with E-state index in [4.69, 9.17) is 5.73 Å². The van der Waals surface area contributed by atoms with Gasteiger partial charge < -0.3 is 11.1 Å². The second kappa shape index (κ2) is 5.26. The first kappa shape index (κ1) is 14.3. The van der Waals surface area contributed by atoms with Crippen LogP contribution in [0.25, 0.3) is 22.0 Å². The van der Waals surface area contributed by atoms with E-state index < -0.39 is 5.82 Å². The first-order valence-corrected chi connectivity index (χ1v) is 7.00. The van der Waals surface area contributed by atoms with Crippen molar-refractivity contribution in [3.63, 3.8) is 0 Å². The third-order valence-electron chi connectivity index (χ3n) is 3.78. The van der Waals surface area contributed by atoms with E-state index in [1.807, 2.05) is 33.0 Å². The Morgan fingerprint density at radius 2 is 1.86 bits per heavy atom. The second-order valence-corrected chi connectivity index (χ2v) is 5.32. The Morgan fingerprint density at radius 3 is 2.59 bits per heavy atom. The number of nitrogens with two attached hydrogens (primary N) is 1. The molecule has 2 aromatic heterocycles. The van der Waals surface area contributed by atoms with E-state index >= 15 is 0 Å². The highest BCUT2D eigenvalue weighted by Crippen LogP contribution is 2.31. The third kappa shape index (κ3) is 2.35. The lowest BCUT2D eigenvalue weighted by Gasteiger charge is -2.12. The lowest BCUT2D eigenvalue weighted by Crippen LogP contribution is -1.98. The molecule has 5 heteroatoms. The maximum absolute atomic E-state index is 13.6. The fourth-order valence-electron chi connectivity index (χ4n) is 2.55. The van der Waals surface area contributed by atoms with Crippen LogP contribution >= 0.6 is 0 Å². The van der Waals surface area contributed by atoms with Crippen molar-refractivity contribution >= 4 is 22.4 Å². The summed E-state index contributed by atoms with van der Waals surface area (Å²) in [4.78, 5) is 8.95. The summed E-state index contributed by atoms with van der Waals surface area (Å²) >= 11 is 0. The van der Waals surface area contributed by atoms with Crippen LogP contribution in [0.4, 0.5) is 15.9 Å². The smallest absolute Gasteiger partial charge is 0.146 e. The number of nitrogens with one attached hydrogen (secondary N) is 1. The molecule has 0 fully saturated rings. The molecule has 0 unspecified atom stereocenters. The molecule has 3 rings (SSSR count). The van der Waals surface area contributed by atoms with E-state index in [1.165, 1.54) is 6.07 Å². The minimum absolute atomic E-state index is 0.142. The van der Waals surface area contributed by atoms with E-state index in [2.05, 4.69) is 15.3 Å². The molecule has 0 aliphatic carbocycles. The predicted octanol–water partition coefficient (Wildman–Crippen LogP) is 3.68. The summed E-state index contributed by atoms with van der Waals surface area (Å²) in [6.07, 6.45) is 1.78. The normalized spacial score (nSPS) is 10.9. The lowest BCUT2D eigenvalue weighted by molar-refractivity contribution is 0.631. The molecule has 3 N–H and O–H groups in total. The van der Waals surface area contributed by atoms with Crippen LogP contribution in [0.15, 0.2) is 30.5 Å². The topological polar surface area (TPSA) is 63.8 Å². The zero-order valence-electron chi connectivity index (χ0n) is 12.7. The van der Waals surface area contributed by atoms with Crippen molar-refractivity contribution in [2.45, 2.75) is 13.8 Å². The summed E-state index contributed by atoms with van der Waals surface area (Å²) in [7, 11) is 1.82. The first-order chi connectivity index (χ1) is 10.5. The number of benzene rings is 1. The maximum Gasteiger partial charge on any atom is 0.146 e. The average molecular weight is 296 g/mol. The average Bonchev–Trinajstić information content (AvgIpc) is 2.50. The number of anilines is 2. The molecule has 0 saturated heterocycles. The van der Waals surface area contributed by atoms with Gasteiger partial charge in [-0.1, -0.05) is 0 Å². The molecule has 2 heterocycles. The number of aromatic nitrogens is 2. The number of rotatable bonds is 2. The number of halogens is 1. The van der Waals surface area contributed by atoms with E-state index in [0.717, 1.165) is 39.1 Å². The molecule has 0 amide bonds. The standard InChI is InChI=1S/C17H17FN4/c1-9-4-14(18)15(19)6-12(9)13-5-11-8-21-17(20-3)7-16(11)22-10(13)2/h4-8H,19H2,1-3H3,(H,20,21). The highest BCUT2D eigenvalue weighted by atomic mass is 19.1. The largest absolute Gasteiger partial charge is 0.396 e. The minimum Gasteiger partial charge on any atom is -0.396 e. The molecule has 0 aliphatic heterocycles. The van der Waals surface area contributed by atoms with Gasteiger partial charge >= 0.3 is 0 Å². The number of hydrogen-bond donors (Lipinski definition) is 2. The second-order valence-electron chi connectivity index (χ2n) is 5.32. The summed E-state index contributed by atoms with van der Waals surface area (Å²) in [6, 6.07) is 7.04. The molecule has 3 aromatic rings. The number of aryl methyl sites for hydroxylation is 2. The van der Waals surface area contributed by atoms with Crippen molar-refractivity contribution in [1.29, 1.82) is 0 Å². The van der Waals surface area contributed by atoms with Crippen molar-refractivity contribution in [3.05, 3.63) is 47.5 Å². The Morgan fingerprint density at radius 1 is 1.09 bits per heavy atom. The molecule has 4 nitrogen and oxygen atoms in total. The van der Waals surface area contributed by atoms with E-state index in [1.54, 1.807) is 12.3 Å². The molecule has 0 atom stereocenters. The van der Waals surface area contributed by atoms with Crippen LogP contribution in [-0.2, 0) is 0 Å². The van der Waals surface area contributed by atoms with Crippen molar-refractivity contribution in [2.75, 3.05) is 18.1 Å². The SMILES string of the molecule is CNc1cc2nc(C)c(-c3cc(N)c(F)cc3C)cc2cn1. The highest BCUT2D eigenvalue weighted by molar-refractivity contribution is 5.87. The third-order valence-corrected chi connectivity index (χ3v) is 3.78. The summed E-state index contributed by atoms with van der Waals surface area (Å²) in [5.74, 6) is 0.377. The minimum atomic E-state index is -0.395. The van der Waals surface area contributed by atoms with Gasteiger partial charge in [-0.05, 0) is 43.2 Å². The van der Waals surface area contributed by atoms with Gasteiger partial charge in [0.05, 0.1) is 11.2 Å². The van der Waals surface area contributed by atoms with Gasteiger partial charge in [0.2, 0.25) is 0 Å². The lowest BCUT2D eigenvalue weighted by atomic mass is 9.97. The molecule has 0 spiro atoms. The molecule has 1 aromatic carbocycles. The van der Waals surface area contributed by atoms with Crippen LogP contribution in [-0.4, -0.2) is 17.0 Å². The van der Waals surface area contributed by atoms with Gasteiger partial charge in [0.15, 0.2) is 0 Å². The summed E-state index contributed by atoms with van der Waals surface area (Å²) in [5.41, 5.74) is 10.3. The van der Waals surface area contributed by atoms with Crippen LogP contribution in [0, 0.1) is 19.7 Å². The quantitative estimate of drug-likeness (QED) is 0.708. The Kier molecular flexibility index (Phi) is 3.41. The van der Waals surface area contributed by atoms with Gasteiger partial charge in [0.25, 0.3) is 0 Å². The van der Waals surface area contributed by atoms with Crippen LogP contribution in [0.5, 0.6) is 0 Å². The van der Waals surface area contributed by atoms with Crippen molar-refractivity contribution in [3.8, 4) is 11.1 Å². The van der Waals surface area contributed by atoms with Gasteiger partial charge in [-0.25, -0.2) is 9.37 Å². The van der Waals surface area contributed by atoms with Crippen molar-refractivity contribution < 1.29 is 4.39 Å². The van der Waals surface area contributed by atoms with E-state index in [-0.39, 0.29) is 5.69 Å². The molecule has 112 valence electrons. The molecule has 22 heavy (non-hydrogen) atoms. The number of fused-ring (bicyclic) bond motifs is 1. The monoisotopic (exact) mass is 296 g/mol. The molecule has 0 aliphatic rings. The van der Waals surface area contributed by atoms with E-state index in [0.29, 0.717) is 0 Å². The highest BCUT2D eigenvalue weighted by Gasteiger charge is 2.11. The Bertz CT molecular complexity index is 874. The fraction of sp³-hybridized carbons (Fsp3) is 0.176. The predicted molar refractivity (Wildman–Crippen MR) is 88.4 cm³/mol. The fourth-order valence-corrected chi connectivity index (χ4v) is 2.55. The molecule has 0 bridgehead atoms. The molecular formula is C17H17FN4. The van der Waals surface area contributed by atoms with Crippen molar-refractivity contribution in [2.24, 2.45) is 0 Å². The summed E-state index contributed by atoms with van der Waals surface area (Å²) in [6.45, 7) is 3.80. The van der Waals surface area contributed by atoms with Gasteiger partial charge in [-0.15, -0.1) is 0 Å². The summed E-state index contributed by atoms with van der Waals surface area (Å²) in [5, 5.41) is 3.93. The Hall–Kier alpha value is -2.69. The van der Waals surface area contributed by atoms with Crippen LogP contribution in [0.3, 0.4) is 0 Å². The van der Waals surface area contributed by atoms with Gasteiger partial charge in [0.1, 0.15) is 11.6 Å². The zero-order valence-corrected chi connectivity index (χ0v) is 12.7. The molecular weight excluding hydrogens is 279 g/mol. The Labute approximate surface area is 128 Å². The van der Waals surface area contributed by atoms with Crippen LogP contribution in [0.1, 0.15) is 11.3 Å². The Balaban J connectivity index is 2.23.